The normalized spacial score (nSPS) is 28.6. The molecule has 3 aliphatic carbocycles. The maximum absolute atomic E-state index is 15.0. The summed E-state index contributed by atoms with van der Waals surface area (Å²) in [5.74, 6) is 0.274. The minimum Gasteiger partial charge on any atom is -0.492 e. The Morgan fingerprint density at radius 2 is 1.19 bits per heavy atom. The van der Waals surface area contributed by atoms with E-state index in [-0.39, 0.29) is 73.1 Å². The number of hydroxylamine groups is 1. The largest absolute Gasteiger partial charge is 0.492 e. The predicted molar refractivity (Wildman–Crippen MR) is 240 cm³/mol. The molecule has 3 aliphatic rings. The SMILES string of the molecule is C=CC(=O)OCCOC(=O)NC1CC(C)(C)CC(C)(Cn2c(=O)n(CC3(C)CC(CC)CC(C)(C)C3)c(=O)n(CC3(C)CC(C(=C)OCC(=C)NOOOC)CC(C)(C)C3)c2=O)C1. The molecule has 1 aromatic rings. The van der Waals surface area contributed by atoms with Crippen molar-refractivity contribution in [1.29, 1.82) is 0 Å². The van der Waals surface area contributed by atoms with Gasteiger partial charge in [0, 0.05) is 37.7 Å². The summed E-state index contributed by atoms with van der Waals surface area (Å²) in [5, 5.41) is 7.36. The number of aromatic nitrogens is 3. The van der Waals surface area contributed by atoms with E-state index in [1.807, 2.05) is 6.92 Å². The van der Waals surface area contributed by atoms with E-state index in [1.165, 1.54) is 20.8 Å². The Morgan fingerprint density at radius 3 is 1.71 bits per heavy atom. The molecular weight excluding hydrogens is 811 g/mol. The first-order valence-electron chi connectivity index (χ1n) is 22.4. The van der Waals surface area contributed by atoms with Crippen LogP contribution in [-0.4, -0.2) is 58.7 Å². The summed E-state index contributed by atoms with van der Waals surface area (Å²) in [5.41, 5.74) is -1.02. The van der Waals surface area contributed by atoms with Crippen LogP contribution in [0.4, 0.5) is 4.79 Å². The maximum atomic E-state index is 15.0. The first-order valence-corrected chi connectivity index (χ1v) is 22.4. The zero-order valence-corrected chi connectivity index (χ0v) is 40.1. The summed E-state index contributed by atoms with van der Waals surface area (Å²) in [7, 11) is 1.30. The van der Waals surface area contributed by atoms with E-state index in [4.69, 9.17) is 14.2 Å². The summed E-state index contributed by atoms with van der Waals surface area (Å²) < 4.78 is 20.2. The fourth-order valence-electron chi connectivity index (χ4n) is 12.3. The first kappa shape index (κ1) is 51.5. The third kappa shape index (κ3) is 14.4. The molecule has 0 saturated heterocycles. The van der Waals surface area contributed by atoms with Gasteiger partial charge in [-0.2, -0.15) is 0 Å². The molecule has 0 radical (unpaired) electrons. The number of alkyl carbamates (subject to hydrolysis) is 1. The summed E-state index contributed by atoms with van der Waals surface area (Å²) in [6.07, 6.45) is 7.97. The molecule has 16 nitrogen and oxygen atoms in total. The number of allylic oxidation sites excluding steroid dienone is 1. The monoisotopic (exact) mass is 888 g/mol. The van der Waals surface area contributed by atoms with Gasteiger partial charge in [0.05, 0.1) is 18.6 Å². The third-order valence-corrected chi connectivity index (χ3v) is 13.2. The topological polar surface area (TPSA) is 180 Å². The van der Waals surface area contributed by atoms with Crippen LogP contribution < -0.4 is 27.9 Å². The first-order chi connectivity index (χ1) is 29.1. The summed E-state index contributed by atoms with van der Waals surface area (Å²) in [6, 6.07) is -0.338. The molecule has 6 atom stereocenters. The lowest BCUT2D eigenvalue weighted by Gasteiger charge is -2.48. The average Bonchev–Trinajstić information content (AvgIpc) is 3.15. The van der Waals surface area contributed by atoms with Gasteiger partial charge in [-0.1, -0.05) is 100 Å². The smallest absolute Gasteiger partial charge is 0.407 e. The average molecular weight is 888 g/mol. The van der Waals surface area contributed by atoms with Gasteiger partial charge >= 0.3 is 29.1 Å². The Morgan fingerprint density at radius 1 is 0.698 bits per heavy atom. The molecule has 16 heteroatoms. The fraction of sp³-hybridized carbons (Fsp3) is 0.766. The molecule has 3 fully saturated rings. The highest BCUT2D eigenvalue weighted by atomic mass is 17.5. The van der Waals surface area contributed by atoms with Crippen LogP contribution >= 0.6 is 0 Å². The quantitative estimate of drug-likeness (QED) is 0.0333. The number of esters is 1. The van der Waals surface area contributed by atoms with Crippen molar-refractivity contribution >= 4 is 12.1 Å². The molecule has 1 amide bonds. The van der Waals surface area contributed by atoms with Crippen LogP contribution in [0, 0.1) is 44.3 Å². The molecule has 0 aliphatic heterocycles. The van der Waals surface area contributed by atoms with E-state index in [0.29, 0.717) is 49.5 Å². The van der Waals surface area contributed by atoms with Crippen molar-refractivity contribution in [3.8, 4) is 0 Å². The Bertz CT molecular complexity index is 2020. The molecule has 2 N–H and O–H groups in total. The molecule has 356 valence electrons. The van der Waals surface area contributed by atoms with Crippen LogP contribution in [0.15, 0.2) is 51.7 Å². The van der Waals surface area contributed by atoms with Crippen LogP contribution in [0.1, 0.15) is 133 Å². The number of amides is 1. The van der Waals surface area contributed by atoms with Crippen molar-refractivity contribution in [2.24, 2.45) is 44.3 Å². The van der Waals surface area contributed by atoms with E-state index in [9.17, 15) is 24.0 Å². The summed E-state index contributed by atoms with van der Waals surface area (Å²) in [6.45, 7) is 33.2. The van der Waals surface area contributed by atoms with Gasteiger partial charge in [-0.25, -0.2) is 48.0 Å². The third-order valence-electron chi connectivity index (χ3n) is 13.2. The molecule has 3 saturated carbocycles. The van der Waals surface area contributed by atoms with Crippen molar-refractivity contribution in [3.63, 3.8) is 0 Å². The van der Waals surface area contributed by atoms with Gasteiger partial charge in [0.15, 0.2) is 0 Å². The standard InChI is InChI=1S/C47H77N5O11/c1-15-34-19-42(5,6)26-45(11,20-34)29-50-39(55)51(30-46(12)22-35(21-43(7,8)27-46)33(4)61-25-32(3)49-62-63-58-14)41(57)52(40(50)56)31-47(13)24-36(23-44(9,10)28-47)48-38(54)60-18-17-59-37(53)16-2/h16,34-36,49H,2-4,15,17-31H2,1,5-14H3,(H,48,54). The zero-order chi connectivity index (χ0) is 47.2. The van der Waals surface area contributed by atoms with Crippen molar-refractivity contribution in [3.05, 3.63) is 68.7 Å². The van der Waals surface area contributed by atoms with Crippen molar-refractivity contribution < 1.29 is 38.7 Å². The van der Waals surface area contributed by atoms with Gasteiger partial charge in [-0.3, -0.25) is 0 Å². The lowest BCUT2D eigenvalue weighted by molar-refractivity contribution is -0.521. The molecule has 4 rings (SSSR count). The second-order valence-electron chi connectivity index (χ2n) is 22.4. The Balaban J connectivity index is 1.72. The number of hydrogen-bond donors (Lipinski definition) is 2. The second-order valence-corrected chi connectivity index (χ2v) is 22.4. The van der Waals surface area contributed by atoms with Gasteiger partial charge in [0.25, 0.3) is 0 Å². The number of nitrogens with zero attached hydrogens (tertiary/aromatic N) is 3. The fourth-order valence-corrected chi connectivity index (χ4v) is 12.3. The van der Waals surface area contributed by atoms with Crippen molar-refractivity contribution in [2.75, 3.05) is 26.9 Å². The predicted octanol–water partition coefficient (Wildman–Crippen LogP) is 7.35. The molecule has 0 aromatic carbocycles. The minimum atomic E-state index is -0.654. The lowest BCUT2D eigenvalue weighted by atomic mass is 9.60. The number of hydrogen-bond acceptors (Lipinski definition) is 12. The lowest BCUT2D eigenvalue weighted by Crippen LogP contribution is -2.59. The molecule has 0 spiro atoms. The van der Waals surface area contributed by atoms with E-state index < -0.39 is 40.0 Å². The van der Waals surface area contributed by atoms with Crippen LogP contribution in [0.5, 0.6) is 0 Å². The molecule has 63 heavy (non-hydrogen) atoms. The highest BCUT2D eigenvalue weighted by Gasteiger charge is 2.46. The van der Waals surface area contributed by atoms with Crippen LogP contribution in [0.25, 0.3) is 0 Å². The number of ether oxygens (including phenoxy) is 3. The van der Waals surface area contributed by atoms with E-state index in [2.05, 4.69) is 108 Å². The van der Waals surface area contributed by atoms with Gasteiger partial charge in [0.1, 0.15) is 19.8 Å². The Labute approximate surface area is 373 Å². The minimum absolute atomic E-state index is 0.0128. The number of rotatable bonds is 20. The van der Waals surface area contributed by atoms with E-state index >= 15 is 0 Å². The van der Waals surface area contributed by atoms with Gasteiger partial charge < -0.3 is 19.5 Å². The summed E-state index contributed by atoms with van der Waals surface area (Å²) >= 11 is 0. The summed E-state index contributed by atoms with van der Waals surface area (Å²) in [4.78, 5) is 78.2. The van der Waals surface area contributed by atoms with Gasteiger partial charge in [0.2, 0.25) is 0 Å². The van der Waals surface area contributed by atoms with E-state index in [0.717, 1.165) is 38.2 Å². The number of carbonyl (C=O) groups excluding carboxylic acids is 2. The molecule has 6 unspecified atom stereocenters. The zero-order valence-electron chi connectivity index (χ0n) is 40.1. The molecule has 0 bridgehead atoms. The van der Waals surface area contributed by atoms with Gasteiger partial charge in [-0.15, -0.1) is 0 Å². The Hall–Kier alpha value is -4.15. The Kier molecular flexibility index (Phi) is 16.6. The van der Waals surface area contributed by atoms with Crippen LogP contribution in [0.2, 0.25) is 0 Å². The number of carbonyl (C=O) groups is 2. The maximum Gasteiger partial charge on any atom is 0.407 e. The molecule has 1 heterocycles. The van der Waals surface area contributed by atoms with Crippen LogP contribution in [-0.2, 0) is 53.6 Å². The van der Waals surface area contributed by atoms with E-state index in [1.54, 1.807) is 0 Å². The highest BCUT2D eigenvalue weighted by Crippen LogP contribution is 2.52. The van der Waals surface area contributed by atoms with Gasteiger partial charge in [-0.05, 0) is 101 Å². The molecule has 1 aromatic heterocycles. The molecular formula is C47H77N5O11. The second kappa shape index (κ2) is 20.4. The highest BCUT2D eigenvalue weighted by molar-refractivity contribution is 5.81. The number of nitrogens with one attached hydrogen (secondary N) is 2. The van der Waals surface area contributed by atoms with Crippen molar-refractivity contribution in [2.45, 2.75) is 159 Å². The van der Waals surface area contributed by atoms with Crippen LogP contribution in [0.3, 0.4) is 0 Å². The van der Waals surface area contributed by atoms with Crippen molar-refractivity contribution in [1.82, 2.24) is 24.5 Å².